The number of thioether (sulfide) groups is 1. The maximum absolute atomic E-state index is 13.0. The molecule has 4 rings (SSSR count). The van der Waals surface area contributed by atoms with Crippen LogP contribution in [0.15, 0.2) is 69.6 Å². The number of anilines is 1. The van der Waals surface area contributed by atoms with Gasteiger partial charge in [-0.15, -0.1) is 10.2 Å². The lowest BCUT2D eigenvalue weighted by Crippen LogP contribution is -1.98. The lowest BCUT2D eigenvalue weighted by Gasteiger charge is -2.00. The van der Waals surface area contributed by atoms with Crippen LogP contribution < -0.4 is 5.32 Å². The summed E-state index contributed by atoms with van der Waals surface area (Å²) in [5.74, 6) is 1.48. The zero-order valence-corrected chi connectivity index (χ0v) is 15.8. The Labute approximate surface area is 163 Å². The second-order valence-corrected chi connectivity index (χ2v) is 7.83. The van der Waals surface area contributed by atoms with E-state index in [-0.39, 0.29) is 5.82 Å². The minimum absolute atomic E-state index is 0.276. The van der Waals surface area contributed by atoms with Crippen LogP contribution in [-0.2, 0) is 12.3 Å². The number of nitrogens with zero attached hydrogens (tertiary/aromatic N) is 3. The van der Waals surface area contributed by atoms with Crippen molar-refractivity contribution in [3.8, 4) is 11.3 Å². The first-order valence-corrected chi connectivity index (χ1v) is 10.0. The Balaban J connectivity index is 1.32. The summed E-state index contributed by atoms with van der Waals surface area (Å²) in [4.78, 5) is 4.27. The molecule has 0 bridgehead atoms. The average Bonchev–Trinajstić information content (AvgIpc) is 3.36. The summed E-state index contributed by atoms with van der Waals surface area (Å²) in [7, 11) is 0. The number of aromatic nitrogens is 3. The van der Waals surface area contributed by atoms with E-state index in [1.807, 2.05) is 18.2 Å². The third-order valence-electron chi connectivity index (χ3n) is 3.69. The Bertz CT molecular complexity index is 1000. The Morgan fingerprint density at radius 3 is 2.67 bits per heavy atom. The van der Waals surface area contributed by atoms with Crippen molar-refractivity contribution in [2.45, 2.75) is 16.6 Å². The van der Waals surface area contributed by atoms with Crippen molar-refractivity contribution in [3.63, 3.8) is 0 Å². The number of hydrogen-bond acceptors (Lipinski definition) is 7. The van der Waals surface area contributed by atoms with Gasteiger partial charge in [0.2, 0.25) is 11.0 Å². The molecule has 0 aliphatic rings. The van der Waals surface area contributed by atoms with Gasteiger partial charge in [-0.05, 0) is 29.8 Å². The van der Waals surface area contributed by atoms with E-state index in [0.717, 1.165) is 15.0 Å². The molecule has 0 unspecified atom stereocenters. The molecule has 0 spiro atoms. The minimum atomic E-state index is -0.276. The predicted octanol–water partition coefficient (Wildman–Crippen LogP) is 5.24. The molecule has 0 aliphatic carbocycles. The van der Waals surface area contributed by atoms with Gasteiger partial charge >= 0.3 is 0 Å². The number of hydrogen-bond donors (Lipinski definition) is 1. The molecule has 2 aromatic heterocycles. The lowest BCUT2D eigenvalue weighted by molar-refractivity contribution is 0.530. The molecule has 0 amide bonds. The molecule has 136 valence electrons. The fourth-order valence-corrected chi connectivity index (χ4v) is 3.96. The van der Waals surface area contributed by atoms with E-state index in [1.54, 1.807) is 18.3 Å². The summed E-state index contributed by atoms with van der Waals surface area (Å²) in [6.45, 7) is 0.709. The van der Waals surface area contributed by atoms with Gasteiger partial charge in [-0.2, -0.15) is 0 Å². The molecular formula is C19H15FN4OS2. The zero-order valence-electron chi connectivity index (χ0n) is 14.1. The molecule has 0 aliphatic heterocycles. The van der Waals surface area contributed by atoms with Crippen LogP contribution in [-0.4, -0.2) is 15.2 Å². The zero-order chi connectivity index (χ0) is 18.5. The summed E-state index contributed by atoms with van der Waals surface area (Å²) < 4.78 is 19.6. The summed E-state index contributed by atoms with van der Waals surface area (Å²) in [6.07, 6.45) is 1.65. The maximum atomic E-state index is 13.0. The normalized spacial score (nSPS) is 10.9. The minimum Gasteiger partial charge on any atom is -0.440 e. The number of halogens is 1. The summed E-state index contributed by atoms with van der Waals surface area (Å²) in [5.41, 5.74) is 1.98. The largest absolute Gasteiger partial charge is 0.440 e. The van der Waals surface area contributed by atoms with Gasteiger partial charge in [0.15, 0.2) is 10.1 Å². The molecule has 0 saturated carbocycles. The molecule has 2 aromatic carbocycles. The van der Waals surface area contributed by atoms with Gasteiger partial charge in [-0.25, -0.2) is 9.37 Å². The van der Waals surface area contributed by atoms with Gasteiger partial charge in [-0.1, -0.05) is 53.4 Å². The predicted molar refractivity (Wildman–Crippen MR) is 105 cm³/mol. The first-order chi connectivity index (χ1) is 13.3. The Hall–Kier alpha value is -2.71. The molecular weight excluding hydrogens is 383 g/mol. The van der Waals surface area contributed by atoms with Crippen LogP contribution in [0.25, 0.3) is 11.3 Å². The molecule has 2 heterocycles. The third-order valence-corrected chi connectivity index (χ3v) is 5.69. The SMILES string of the molecule is Fc1ccc(-c2cnc(CSc3nnc(NCc4ccccc4)s3)o2)cc1. The Morgan fingerprint density at radius 1 is 1.04 bits per heavy atom. The van der Waals surface area contributed by atoms with Crippen molar-refractivity contribution in [1.82, 2.24) is 15.2 Å². The van der Waals surface area contributed by atoms with Crippen molar-refractivity contribution >= 4 is 28.2 Å². The first kappa shape index (κ1) is 17.7. The molecule has 27 heavy (non-hydrogen) atoms. The van der Waals surface area contributed by atoms with Crippen molar-refractivity contribution in [2.24, 2.45) is 0 Å². The second kappa shape index (κ2) is 8.32. The Kier molecular flexibility index (Phi) is 5.45. The van der Waals surface area contributed by atoms with Gasteiger partial charge in [0.05, 0.1) is 11.9 Å². The highest BCUT2D eigenvalue weighted by Crippen LogP contribution is 2.29. The van der Waals surface area contributed by atoms with Gasteiger partial charge in [0.1, 0.15) is 5.82 Å². The molecule has 4 aromatic rings. The van der Waals surface area contributed by atoms with Gasteiger partial charge < -0.3 is 9.73 Å². The number of benzene rings is 2. The molecule has 0 atom stereocenters. The van der Waals surface area contributed by atoms with Crippen molar-refractivity contribution < 1.29 is 8.81 Å². The van der Waals surface area contributed by atoms with Crippen LogP contribution in [0.2, 0.25) is 0 Å². The van der Waals surface area contributed by atoms with E-state index in [4.69, 9.17) is 4.42 Å². The average molecular weight is 398 g/mol. The fourth-order valence-electron chi connectivity index (χ4n) is 2.36. The van der Waals surface area contributed by atoms with Gasteiger partial charge in [0, 0.05) is 12.1 Å². The van der Waals surface area contributed by atoms with Crippen LogP contribution in [0.1, 0.15) is 11.5 Å². The van der Waals surface area contributed by atoms with E-state index in [9.17, 15) is 4.39 Å². The summed E-state index contributed by atoms with van der Waals surface area (Å²) in [6, 6.07) is 16.3. The van der Waals surface area contributed by atoms with E-state index in [2.05, 4.69) is 32.6 Å². The van der Waals surface area contributed by atoms with E-state index in [1.165, 1.54) is 40.8 Å². The fraction of sp³-hybridized carbons (Fsp3) is 0.105. The standard InChI is InChI=1S/C19H15FN4OS2/c20-15-8-6-14(7-9-15)16-11-21-17(25-16)12-26-19-24-23-18(27-19)22-10-13-4-2-1-3-5-13/h1-9,11H,10,12H2,(H,22,23). The highest BCUT2D eigenvalue weighted by Gasteiger charge is 2.10. The number of oxazole rings is 1. The van der Waals surface area contributed by atoms with Crippen LogP contribution >= 0.6 is 23.1 Å². The van der Waals surface area contributed by atoms with Crippen LogP contribution in [0.3, 0.4) is 0 Å². The van der Waals surface area contributed by atoms with E-state index in [0.29, 0.717) is 23.9 Å². The Morgan fingerprint density at radius 2 is 1.85 bits per heavy atom. The topological polar surface area (TPSA) is 63.8 Å². The van der Waals surface area contributed by atoms with Crippen molar-refractivity contribution in [1.29, 1.82) is 0 Å². The third kappa shape index (κ3) is 4.72. The van der Waals surface area contributed by atoms with Crippen molar-refractivity contribution in [2.75, 3.05) is 5.32 Å². The van der Waals surface area contributed by atoms with Gasteiger partial charge in [0.25, 0.3) is 0 Å². The quantitative estimate of drug-likeness (QED) is 0.430. The highest BCUT2D eigenvalue weighted by molar-refractivity contribution is 8.00. The van der Waals surface area contributed by atoms with E-state index < -0.39 is 0 Å². The molecule has 5 nitrogen and oxygen atoms in total. The molecule has 0 fully saturated rings. The first-order valence-electron chi connectivity index (χ1n) is 8.21. The summed E-state index contributed by atoms with van der Waals surface area (Å²) in [5, 5.41) is 12.4. The monoisotopic (exact) mass is 398 g/mol. The number of rotatable bonds is 7. The molecule has 8 heteroatoms. The van der Waals surface area contributed by atoms with Crippen LogP contribution in [0.4, 0.5) is 9.52 Å². The lowest BCUT2D eigenvalue weighted by atomic mass is 10.2. The molecule has 0 radical (unpaired) electrons. The van der Waals surface area contributed by atoms with E-state index >= 15 is 0 Å². The smallest absolute Gasteiger partial charge is 0.206 e. The molecule has 1 N–H and O–H groups in total. The van der Waals surface area contributed by atoms with Crippen molar-refractivity contribution in [3.05, 3.63) is 78.1 Å². The molecule has 0 saturated heterocycles. The van der Waals surface area contributed by atoms with Crippen LogP contribution in [0.5, 0.6) is 0 Å². The number of nitrogens with one attached hydrogen (secondary N) is 1. The summed E-state index contributed by atoms with van der Waals surface area (Å²) >= 11 is 3.01. The van der Waals surface area contributed by atoms with Gasteiger partial charge in [-0.3, -0.25) is 0 Å². The highest BCUT2D eigenvalue weighted by atomic mass is 32.2. The maximum Gasteiger partial charge on any atom is 0.206 e. The van der Waals surface area contributed by atoms with Crippen LogP contribution in [0, 0.1) is 5.82 Å². The second-order valence-electron chi connectivity index (χ2n) is 5.63.